The maximum atomic E-state index is 9.92. The molecule has 0 aliphatic carbocycles. The molecule has 0 saturated carbocycles. The van der Waals surface area contributed by atoms with Crippen molar-refractivity contribution < 1.29 is 9.84 Å². The van der Waals surface area contributed by atoms with E-state index < -0.39 is 5.60 Å². The third kappa shape index (κ3) is 1.94. The van der Waals surface area contributed by atoms with Gasteiger partial charge in [0.15, 0.2) is 0 Å². The summed E-state index contributed by atoms with van der Waals surface area (Å²) in [5, 5.41) is 9.92. The highest BCUT2D eigenvalue weighted by Crippen LogP contribution is 2.31. The number of hydrogen-bond donors (Lipinski definition) is 1. The Kier molecular flexibility index (Phi) is 2.55. The van der Waals surface area contributed by atoms with Crippen molar-refractivity contribution in [3.05, 3.63) is 0 Å². The SMILES string of the molecule is CC(C)[C@H]1COCC[C@]1(C)O. The lowest BCUT2D eigenvalue weighted by Gasteiger charge is -2.39. The van der Waals surface area contributed by atoms with Crippen LogP contribution in [0.3, 0.4) is 0 Å². The van der Waals surface area contributed by atoms with E-state index in [2.05, 4.69) is 13.8 Å². The number of rotatable bonds is 1. The van der Waals surface area contributed by atoms with Gasteiger partial charge in [0.1, 0.15) is 0 Å². The van der Waals surface area contributed by atoms with Crippen LogP contribution in [0.15, 0.2) is 0 Å². The van der Waals surface area contributed by atoms with E-state index in [1.54, 1.807) is 0 Å². The Morgan fingerprint density at radius 2 is 2.18 bits per heavy atom. The van der Waals surface area contributed by atoms with Crippen LogP contribution in [0.2, 0.25) is 0 Å². The van der Waals surface area contributed by atoms with Crippen LogP contribution < -0.4 is 0 Å². The minimum Gasteiger partial charge on any atom is -0.390 e. The van der Waals surface area contributed by atoms with Gasteiger partial charge in [0.05, 0.1) is 12.2 Å². The van der Waals surface area contributed by atoms with Crippen molar-refractivity contribution in [1.29, 1.82) is 0 Å². The van der Waals surface area contributed by atoms with Gasteiger partial charge < -0.3 is 9.84 Å². The summed E-state index contributed by atoms with van der Waals surface area (Å²) in [6.45, 7) is 7.60. The van der Waals surface area contributed by atoms with Crippen LogP contribution in [-0.2, 0) is 4.74 Å². The Morgan fingerprint density at radius 3 is 2.55 bits per heavy atom. The molecule has 0 aromatic rings. The highest BCUT2D eigenvalue weighted by molar-refractivity contribution is 4.86. The largest absolute Gasteiger partial charge is 0.390 e. The minimum absolute atomic E-state index is 0.302. The Bertz CT molecular complexity index is 130. The maximum absolute atomic E-state index is 9.92. The van der Waals surface area contributed by atoms with Gasteiger partial charge in [-0.3, -0.25) is 0 Å². The Balaban J connectivity index is 2.60. The Morgan fingerprint density at radius 1 is 1.55 bits per heavy atom. The lowest BCUT2D eigenvalue weighted by Crippen LogP contribution is -2.45. The molecular weight excluding hydrogens is 140 g/mol. The first-order valence-corrected chi connectivity index (χ1v) is 4.34. The van der Waals surface area contributed by atoms with E-state index in [1.807, 2.05) is 6.92 Å². The fourth-order valence-corrected chi connectivity index (χ4v) is 1.76. The van der Waals surface area contributed by atoms with Crippen molar-refractivity contribution in [2.45, 2.75) is 32.8 Å². The van der Waals surface area contributed by atoms with Crippen LogP contribution in [0.4, 0.5) is 0 Å². The second-order valence-electron chi connectivity index (χ2n) is 4.03. The smallest absolute Gasteiger partial charge is 0.0694 e. The first-order chi connectivity index (χ1) is 5.04. The summed E-state index contributed by atoms with van der Waals surface area (Å²) in [5.41, 5.74) is -0.508. The number of hydrogen-bond acceptors (Lipinski definition) is 2. The molecule has 2 heteroatoms. The monoisotopic (exact) mass is 158 g/mol. The average Bonchev–Trinajstić information content (AvgIpc) is 1.85. The zero-order chi connectivity index (χ0) is 8.48. The lowest BCUT2D eigenvalue weighted by molar-refractivity contribution is -0.115. The molecule has 0 aromatic heterocycles. The third-order valence-corrected chi connectivity index (χ3v) is 2.65. The number of aliphatic hydroxyl groups is 1. The van der Waals surface area contributed by atoms with Crippen LogP contribution in [0.5, 0.6) is 0 Å². The summed E-state index contributed by atoms with van der Waals surface area (Å²) in [7, 11) is 0. The van der Waals surface area contributed by atoms with Crippen LogP contribution in [0.25, 0.3) is 0 Å². The van der Waals surface area contributed by atoms with Crippen LogP contribution in [0, 0.1) is 11.8 Å². The zero-order valence-corrected chi connectivity index (χ0v) is 7.63. The molecule has 0 spiro atoms. The zero-order valence-electron chi connectivity index (χ0n) is 7.63. The molecule has 11 heavy (non-hydrogen) atoms. The van der Waals surface area contributed by atoms with Gasteiger partial charge >= 0.3 is 0 Å². The summed E-state index contributed by atoms with van der Waals surface area (Å²) in [6.07, 6.45) is 0.774. The fourth-order valence-electron chi connectivity index (χ4n) is 1.76. The quantitative estimate of drug-likeness (QED) is 0.625. The third-order valence-electron chi connectivity index (χ3n) is 2.65. The van der Waals surface area contributed by atoms with Gasteiger partial charge in [-0.2, -0.15) is 0 Å². The van der Waals surface area contributed by atoms with Gasteiger partial charge in [-0.25, -0.2) is 0 Å². The summed E-state index contributed by atoms with van der Waals surface area (Å²) in [4.78, 5) is 0. The highest BCUT2D eigenvalue weighted by atomic mass is 16.5. The molecule has 1 aliphatic rings. The van der Waals surface area contributed by atoms with E-state index in [-0.39, 0.29) is 0 Å². The molecule has 1 aliphatic heterocycles. The van der Waals surface area contributed by atoms with Gasteiger partial charge in [0.25, 0.3) is 0 Å². The van der Waals surface area contributed by atoms with Gasteiger partial charge in [-0.15, -0.1) is 0 Å². The molecule has 0 bridgehead atoms. The van der Waals surface area contributed by atoms with Gasteiger partial charge in [0, 0.05) is 12.5 Å². The molecule has 2 nitrogen and oxygen atoms in total. The van der Waals surface area contributed by atoms with Gasteiger partial charge in [-0.05, 0) is 19.3 Å². The molecule has 66 valence electrons. The normalized spacial score (nSPS) is 39.5. The van der Waals surface area contributed by atoms with Crippen molar-refractivity contribution in [2.24, 2.45) is 11.8 Å². The molecule has 0 unspecified atom stereocenters. The fraction of sp³-hybridized carbons (Fsp3) is 1.00. The van der Waals surface area contributed by atoms with E-state index >= 15 is 0 Å². The van der Waals surface area contributed by atoms with E-state index in [9.17, 15) is 5.11 Å². The summed E-state index contributed by atoms with van der Waals surface area (Å²) < 4.78 is 5.32. The molecule has 0 aromatic carbocycles. The molecule has 1 rings (SSSR count). The molecule has 1 heterocycles. The van der Waals surface area contributed by atoms with E-state index in [1.165, 1.54) is 0 Å². The molecule has 0 radical (unpaired) electrons. The predicted octanol–water partition coefficient (Wildman–Crippen LogP) is 1.43. The first-order valence-electron chi connectivity index (χ1n) is 4.34. The van der Waals surface area contributed by atoms with Crippen LogP contribution in [-0.4, -0.2) is 23.9 Å². The average molecular weight is 158 g/mol. The summed E-state index contributed by atoms with van der Waals surface area (Å²) in [6, 6.07) is 0. The minimum atomic E-state index is -0.508. The predicted molar refractivity (Wildman–Crippen MR) is 44.4 cm³/mol. The van der Waals surface area contributed by atoms with Crippen LogP contribution in [0.1, 0.15) is 27.2 Å². The Labute approximate surface area is 68.6 Å². The molecule has 1 fully saturated rings. The summed E-state index contributed by atoms with van der Waals surface area (Å²) in [5.74, 6) is 0.807. The molecule has 1 N–H and O–H groups in total. The van der Waals surface area contributed by atoms with E-state index in [4.69, 9.17) is 4.74 Å². The summed E-state index contributed by atoms with van der Waals surface area (Å²) >= 11 is 0. The number of ether oxygens (including phenoxy) is 1. The maximum Gasteiger partial charge on any atom is 0.0694 e. The van der Waals surface area contributed by atoms with Gasteiger partial charge in [0.2, 0.25) is 0 Å². The van der Waals surface area contributed by atoms with Crippen molar-refractivity contribution in [1.82, 2.24) is 0 Å². The van der Waals surface area contributed by atoms with Crippen molar-refractivity contribution in [3.8, 4) is 0 Å². The van der Waals surface area contributed by atoms with Crippen molar-refractivity contribution in [2.75, 3.05) is 13.2 Å². The standard InChI is InChI=1S/C9H18O2/c1-7(2)8-6-11-5-4-9(8,3)10/h7-8,10H,4-6H2,1-3H3/t8-,9+/m1/s1. The first kappa shape index (κ1) is 9.01. The highest BCUT2D eigenvalue weighted by Gasteiger charge is 2.36. The van der Waals surface area contributed by atoms with E-state index in [0.717, 1.165) is 6.42 Å². The second-order valence-corrected chi connectivity index (χ2v) is 4.03. The molecule has 0 amide bonds. The molecule has 2 atom stereocenters. The Hall–Kier alpha value is -0.0800. The van der Waals surface area contributed by atoms with Gasteiger partial charge in [-0.1, -0.05) is 13.8 Å². The van der Waals surface area contributed by atoms with Crippen molar-refractivity contribution in [3.63, 3.8) is 0 Å². The molecule has 1 saturated heterocycles. The van der Waals surface area contributed by atoms with Crippen LogP contribution >= 0.6 is 0 Å². The van der Waals surface area contributed by atoms with Crippen molar-refractivity contribution >= 4 is 0 Å². The molecular formula is C9H18O2. The topological polar surface area (TPSA) is 29.5 Å². The second kappa shape index (κ2) is 3.11. The lowest BCUT2D eigenvalue weighted by atomic mass is 9.78. The van der Waals surface area contributed by atoms with E-state index in [0.29, 0.717) is 25.0 Å².